The number of benzene rings is 2. The van der Waals surface area contributed by atoms with E-state index in [0.717, 1.165) is 26.5 Å². The summed E-state index contributed by atoms with van der Waals surface area (Å²) in [5, 5.41) is 10.8. The van der Waals surface area contributed by atoms with Gasteiger partial charge in [-0.1, -0.05) is 36.4 Å². The third-order valence-corrected chi connectivity index (χ3v) is 6.19. The van der Waals surface area contributed by atoms with Gasteiger partial charge in [-0.3, -0.25) is 4.79 Å². The van der Waals surface area contributed by atoms with Gasteiger partial charge in [-0.05, 0) is 30.7 Å². The van der Waals surface area contributed by atoms with Gasteiger partial charge in [0.05, 0.1) is 12.1 Å². The molecule has 0 saturated carbocycles. The highest BCUT2D eigenvalue weighted by Gasteiger charge is 2.37. The SMILES string of the molecule is Cc1nc2nc(C(F)(F)F)nn2c(C)c1CC(=O)Nc1nc(-c2ccc3ccccc3c2)cs1. The summed E-state index contributed by atoms with van der Waals surface area (Å²) < 4.78 is 39.9. The van der Waals surface area contributed by atoms with Crippen molar-refractivity contribution in [3.63, 3.8) is 0 Å². The zero-order valence-corrected chi connectivity index (χ0v) is 18.8. The van der Waals surface area contributed by atoms with Gasteiger partial charge in [0.25, 0.3) is 11.6 Å². The third-order valence-electron chi connectivity index (χ3n) is 5.44. The molecule has 0 aliphatic rings. The number of hydrogen-bond donors (Lipinski definition) is 1. The summed E-state index contributed by atoms with van der Waals surface area (Å²) in [4.78, 5) is 24.8. The Hall–Kier alpha value is -3.86. The number of rotatable bonds is 4. The van der Waals surface area contributed by atoms with Crippen LogP contribution in [-0.2, 0) is 17.4 Å². The number of carbonyl (C=O) groups is 1. The Bertz CT molecular complexity index is 1560. The Labute approximate surface area is 195 Å². The number of halogens is 3. The fourth-order valence-corrected chi connectivity index (χ4v) is 4.46. The Morgan fingerprint density at radius 2 is 1.82 bits per heavy atom. The molecule has 5 aromatic rings. The Morgan fingerprint density at radius 3 is 2.59 bits per heavy atom. The first-order chi connectivity index (χ1) is 16.2. The quantitative estimate of drug-likeness (QED) is 0.380. The van der Waals surface area contributed by atoms with Crippen LogP contribution in [0.15, 0.2) is 47.8 Å². The lowest BCUT2D eigenvalue weighted by atomic mass is 10.1. The average Bonchev–Trinajstić information content (AvgIpc) is 3.43. The van der Waals surface area contributed by atoms with E-state index >= 15 is 0 Å². The van der Waals surface area contributed by atoms with Crippen molar-refractivity contribution in [3.8, 4) is 11.3 Å². The smallest absolute Gasteiger partial charge is 0.302 e. The van der Waals surface area contributed by atoms with Crippen molar-refractivity contribution >= 4 is 38.9 Å². The van der Waals surface area contributed by atoms with Crippen LogP contribution >= 0.6 is 11.3 Å². The van der Waals surface area contributed by atoms with Crippen molar-refractivity contribution in [1.29, 1.82) is 0 Å². The van der Waals surface area contributed by atoms with E-state index in [2.05, 4.69) is 25.4 Å². The molecule has 7 nitrogen and oxygen atoms in total. The molecule has 34 heavy (non-hydrogen) atoms. The molecule has 0 aliphatic heterocycles. The summed E-state index contributed by atoms with van der Waals surface area (Å²) in [7, 11) is 0. The molecular weight excluding hydrogens is 465 g/mol. The highest BCUT2D eigenvalue weighted by molar-refractivity contribution is 7.14. The maximum Gasteiger partial charge on any atom is 0.453 e. The van der Waals surface area contributed by atoms with Crippen molar-refractivity contribution in [2.45, 2.75) is 26.4 Å². The van der Waals surface area contributed by atoms with Crippen molar-refractivity contribution < 1.29 is 18.0 Å². The zero-order valence-electron chi connectivity index (χ0n) is 18.0. The van der Waals surface area contributed by atoms with Crippen LogP contribution < -0.4 is 5.32 Å². The minimum atomic E-state index is -4.68. The largest absolute Gasteiger partial charge is 0.453 e. The third kappa shape index (κ3) is 4.10. The maximum atomic E-state index is 13.0. The van der Waals surface area contributed by atoms with E-state index in [9.17, 15) is 18.0 Å². The molecule has 2 aromatic carbocycles. The fourth-order valence-electron chi connectivity index (χ4n) is 3.72. The van der Waals surface area contributed by atoms with Crippen LogP contribution in [0.1, 0.15) is 22.8 Å². The molecule has 1 N–H and O–H groups in total. The predicted octanol–water partition coefficient (Wildman–Crippen LogP) is 5.22. The molecule has 1 amide bonds. The van der Waals surface area contributed by atoms with Gasteiger partial charge in [0.1, 0.15) is 0 Å². The molecule has 11 heteroatoms. The van der Waals surface area contributed by atoms with Crippen molar-refractivity contribution in [2.24, 2.45) is 0 Å². The van der Waals surface area contributed by atoms with Gasteiger partial charge in [0.15, 0.2) is 5.13 Å². The number of amides is 1. The van der Waals surface area contributed by atoms with Crippen LogP contribution in [0.5, 0.6) is 0 Å². The van der Waals surface area contributed by atoms with E-state index in [1.54, 1.807) is 13.8 Å². The minimum Gasteiger partial charge on any atom is -0.302 e. The topological polar surface area (TPSA) is 85.1 Å². The number of aromatic nitrogens is 5. The molecule has 0 spiro atoms. The molecule has 0 aliphatic carbocycles. The Morgan fingerprint density at radius 1 is 1.06 bits per heavy atom. The van der Waals surface area contributed by atoms with Gasteiger partial charge < -0.3 is 5.32 Å². The number of thiazole rings is 1. The first kappa shape index (κ1) is 22.0. The van der Waals surface area contributed by atoms with Crippen LogP contribution in [0.25, 0.3) is 27.8 Å². The standard InChI is InChI=1S/C23H17F3N6OS/c1-12-17(13(2)32-21(27-12)30-20(31-32)23(24,25)26)10-19(33)29-22-28-18(11-34-22)16-8-7-14-5-3-4-6-15(14)9-16/h3-9,11H,10H2,1-2H3,(H,28,29,33). The molecule has 5 rings (SSSR count). The lowest BCUT2D eigenvalue weighted by Crippen LogP contribution is -2.17. The van der Waals surface area contributed by atoms with Gasteiger partial charge >= 0.3 is 6.18 Å². The molecule has 0 fully saturated rings. The first-order valence-corrected chi connectivity index (χ1v) is 11.1. The van der Waals surface area contributed by atoms with Crippen LogP contribution in [0.2, 0.25) is 0 Å². The second kappa shape index (κ2) is 8.17. The molecule has 0 saturated heterocycles. The number of hydrogen-bond acceptors (Lipinski definition) is 6. The van der Waals surface area contributed by atoms with Crippen LogP contribution in [0, 0.1) is 13.8 Å². The zero-order chi connectivity index (χ0) is 24.0. The van der Waals surface area contributed by atoms with Crippen molar-refractivity contribution in [2.75, 3.05) is 5.32 Å². The maximum absolute atomic E-state index is 13.0. The average molecular weight is 482 g/mol. The van der Waals surface area contributed by atoms with Gasteiger partial charge in [-0.25, -0.2) is 14.5 Å². The molecule has 3 heterocycles. The fraction of sp³-hybridized carbons (Fsp3) is 0.174. The summed E-state index contributed by atoms with van der Waals surface area (Å²) in [6, 6.07) is 14.0. The van der Waals surface area contributed by atoms with Crippen LogP contribution in [-0.4, -0.2) is 30.5 Å². The number of nitrogens with zero attached hydrogens (tertiary/aromatic N) is 5. The first-order valence-electron chi connectivity index (χ1n) is 10.2. The Kier molecular flexibility index (Phi) is 5.28. The van der Waals surface area contributed by atoms with Crippen LogP contribution in [0.4, 0.5) is 18.3 Å². The highest BCUT2D eigenvalue weighted by atomic mass is 32.1. The molecule has 3 aromatic heterocycles. The number of anilines is 1. The van der Waals surface area contributed by atoms with E-state index in [1.807, 2.05) is 47.8 Å². The lowest BCUT2D eigenvalue weighted by Gasteiger charge is -2.09. The summed E-state index contributed by atoms with van der Waals surface area (Å²) in [5.74, 6) is -1.79. The van der Waals surface area contributed by atoms with E-state index in [1.165, 1.54) is 11.3 Å². The van der Waals surface area contributed by atoms with E-state index in [0.29, 0.717) is 22.1 Å². The highest BCUT2D eigenvalue weighted by Crippen LogP contribution is 2.29. The van der Waals surface area contributed by atoms with Crippen molar-refractivity contribution in [3.05, 3.63) is 70.6 Å². The second-order valence-corrected chi connectivity index (χ2v) is 8.59. The van der Waals surface area contributed by atoms with Crippen molar-refractivity contribution in [1.82, 2.24) is 24.6 Å². The van der Waals surface area contributed by atoms with E-state index in [-0.39, 0.29) is 18.1 Å². The monoisotopic (exact) mass is 482 g/mol. The number of nitrogens with one attached hydrogen (secondary N) is 1. The molecular formula is C23H17F3N6OS. The summed E-state index contributed by atoms with van der Waals surface area (Å²) in [6.07, 6.45) is -4.77. The number of alkyl halides is 3. The van der Waals surface area contributed by atoms with Gasteiger partial charge in [-0.15, -0.1) is 16.4 Å². The van der Waals surface area contributed by atoms with E-state index < -0.39 is 12.0 Å². The van der Waals surface area contributed by atoms with Gasteiger partial charge in [0.2, 0.25) is 5.91 Å². The van der Waals surface area contributed by atoms with Gasteiger partial charge in [0, 0.05) is 27.9 Å². The summed E-state index contributed by atoms with van der Waals surface area (Å²) >= 11 is 1.29. The minimum absolute atomic E-state index is 0.0906. The number of carbonyl (C=O) groups excluding carboxylic acids is 1. The molecule has 0 atom stereocenters. The number of fused-ring (bicyclic) bond motifs is 2. The summed E-state index contributed by atoms with van der Waals surface area (Å²) in [6.45, 7) is 3.21. The summed E-state index contributed by atoms with van der Waals surface area (Å²) in [5.41, 5.74) is 2.94. The Balaban J connectivity index is 1.36. The van der Waals surface area contributed by atoms with Crippen LogP contribution in [0.3, 0.4) is 0 Å². The number of aryl methyl sites for hydroxylation is 2. The van der Waals surface area contributed by atoms with Gasteiger partial charge in [-0.2, -0.15) is 18.2 Å². The normalized spacial score (nSPS) is 11.9. The predicted molar refractivity (Wildman–Crippen MR) is 123 cm³/mol. The molecule has 0 unspecified atom stereocenters. The molecule has 172 valence electrons. The molecule has 0 bridgehead atoms. The second-order valence-electron chi connectivity index (χ2n) is 7.73. The lowest BCUT2D eigenvalue weighted by molar-refractivity contribution is -0.144. The molecule has 0 radical (unpaired) electrons. The van der Waals surface area contributed by atoms with E-state index in [4.69, 9.17) is 0 Å².